The van der Waals surface area contributed by atoms with E-state index in [0.717, 1.165) is 32.2 Å². The number of aliphatic hydroxyl groups excluding tert-OH is 1. The molecule has 4 heteroatoms. The van der Waals surface area contributed by atoms with Gasteiger partial charge in [-0.1, -0.05) is 0 Å². The Bertz CT molecular complexity index is 179. The normalized spacial score (nSPS) is 23.4. The van der Waals surface area contributed by atoms with Gasteiger partial charge < -0.3 is 15.7 Å². The lowest BCUT2D eigenvalue weighted by Gasteiger charge is -2.16. The molecule has 0 spiro atoms. The fraction of sp³-hybridized carbons (Fsp3) is 0.900. The van der Waals surface area contributed by atoms with Crippen molar-refractivity contribution in [3.63, 3.8) is 0 Å². The van der Waals surface area contributed by atoms with Gasteiger partial charge in [0.1, 0.15) is 0 Å². The van der Waals surface area contributed by atoms with Gasteiger partial charge in [0.2, 0.25) is 5.91 Å². The van der Waals surface area contributed by atoms with E-state index in [1.54, 1.807) is 0 Å². The Labute approximate surface area is 85.1 Å². The van der Waals surface area contributed by atoms with Crippen LogP contribution in [0.3, 0.4) is 0 Å². The molecule has 1 saturated heterocycles. The summed E-state index contributed by atoms with van der Waals surface area (Å²) in [5.74, 6) is 0.105. The molecule has 1 aliphatic rings. The van der Waals surface area contributed by atoms with Gasteiger partial charge in [0, 0.05) is 12.6 Å². The Balaban J connectivity index is 2.18. The first-order chi connectivity index (χ1) is 6.74. The Morgan fingerprint density at radius 3 is 3.07 bits per heavy atom. The number of hydrogen-bond donors (Lipinski definition) is 3. The van der Waals surface area contributed by atoms with Crippen LogP contribution >= 0.6 is 0 Å². The van der Waals surface area contributed by atoms with Gasteiger partial charge in [-0.15, -0.1) is 0 Å². The van der Waals surface area contributed by atoms with Crippen molar-refractivity contribution in [3.8, 4) is 0 Å². The maximum Gasteiger partial charge on any atom is 0.237 e. The predicted molar refractivity (Wildman–Crippen MR) is 54.9 cm³/mol. The van der Waals surface area contributed by atoms with E-state index < -0.39 is 0 Å². The molecular weight excluding hydrogens is 180 g/mol. The molecule has 14 heavy (non-hydrogen) atoms. The lowest BCUT2D eigenvalue weighted by molar-refractivity contribution is -0.123. The monoisotopic (exact) mass is 200 g/mol. The van der Waals surface area contributed by atoms with E-state index >= 15 is 0 Å². The number of nitrogens with one attached hydrogen (secondary N) is 2. The molecule has 4 nitrogen and oxygen atoms in total. The first-order valence-electron chi connectivity index (χ1n) is 5.38. The van der Waals surface area contributed by atoms with E-state index in [1.807, 2.05) is 6.92 Å². The minimum Gasteiger partial charge on any atom is -0.396 e. The lowest BCUT2D eigenvalue weighted by atomic mass is 10.1. The average molecular weight is 200 g/mol. The van der Waals surface area contributed by atoms with E-state index in [2.05, 4.69) is 10.6 Å². The molecule has 1 fully saturated rings. The van der Waals surface area contributed by atoms with Crippen LogP contribution in [0.2, 0.25) is 0 Å². The molecule has 0 bridgehead atoms. The smallest absolute Gasteiger partial charge is 0.237 e. The first kappa shape index (κ1) is 11.5. The molecule has 1 rings (SSSR count). The van der Waals surface area contributed by atoms with Crippen molar-refractivity contribution in [2.24, 2.45) is 0 Å². The highest BCUT2D eigenvalue weighted by molar-refractivity contribution is 5.82. The molecule has 1 aliphatic heterocycles. The molecule has 0 aromatic carbocycles. The summed E-state index contributed by atoms with van der Waals surface area (Å²) in [5.41, 5.74) is 0. The maximum atomic E-state index is 11.6. The Morgan fingerprint density at radius 1 is 1.71 bits per heavy atom. The highest BCUT2D eigenvalue weighted by Crippen LogP contribution is 2.05. The maximum absolute atomic E-state index is 11.6. The molecule has 1 heterocycles. The topological polar surface area (TPSA) is 61.4 Å². The van der Waals surface area contributed by atoms with Gasteiger partial charge in [-0.3, -0.25) is 4.79 Å². The SMILES string of the molecule is CC(CCCO)NC(=O)[C@H]1CCCN1. The summed E-state index contributed by atoms with van der Waals surface area (Å²) < 4.78 is 0. The number of carbonyl (C=O) groups excluding carboxylic acids is 1. The van der Waals surface area contributed by atoms with Crippen molar-refractivity contribution < 1.29 is 9.90 Å². The summed E-state index contributed by atoms with van der Waals surface area (Å²) in [7, 11) is 0. The number of rotatable bonds is 5. The zero-order valence-corrected chi connectivity index (χ0v) is 8.75. The van der Waals surface area contributed by atoms with Crippen LogP contribution in [-0.4, -0.2) is 36.2 Å². The zero-order valence-electron chi connectivity index (χ0n) is 8.75. The molecule has 0 saturated carbocycles. The zero-order chi connectivity index (χ0) is 10.4. The molecule has 0 aliphatic carbocycles. The number of amides is 1. The molecule has 3 N–H and O–H groups in total. The molecule has 82 valence electrons. The Kier molecular flexibility index (Phi) is 4.90. The summed E-state index contributed by atoms with van der Waals surface area (Å²) in [6.45, 7) is 3.12. The highest BCUT2D eigenvalue weighted by atomic mass is 16.2. The third-order valence-electron chi connectivity index (χ3n) is 2.56. The lowest BCUT2D eigenvalue weighted by Crippen LogP contribution is -2.44. The number of carbonyl (C=O) groups is 1. The highest BCUT2D eigenvalue weighted by Gasteiger charge is 2.22. The minimum atomic E-state index is 0.00609. The summed E-state index contributed by atoms with van der Waals surface area (Å²) in [6, 6.07) is 0.170. The molecule has 1 amide bonds. The third kappa shape index (κ3) is 3.64. The predicted octanol–water partition coefficient (Wildman–Crippen LogP) is 0.0156. The Hall–Kier alpha value is -0.610. The van der Waals surface area contributed by atoms with Crippen LogP contribution in [0.1, 0.15) is 32.6 Å². The standard InChI is InChI=1S/C10H20N2O2/c1-8(4-3-7-13)12-10(14)9-5-2-6-11-9/h8-9,11,13H,2-7H2,1H3,(H,12,14)/t8?,9-/m1/s1. The first-order valence-corrected chi connectivity index (χ1v) is 5.38. The summed E-state index contributed by atoms with van der Waals surface area (Å²) in [6.07, 6.45) is 3.62. The number of aliphatic hydroxyl groups is 1. The average Bonchev–Trinajstić information content (AvgIpc) is 2.67. The van der Waals surface area contributed by atoms with Crippen LogP contribution in [0.4, 0.5) is 0 Å². The van der Waals surface area contributed by atoms with E-state index in [9.17, 15) is 4.79 Å². The van der Waals surface area contributed by atoms with Crippen molar-refractivity contribution >= 4 is 5.91 Å². The van der Waals surface area contributed by atoms with E-state index in [1.165, 1.54) is 0 Å². The molecule has 0 radical (unpaired) electrons. The van der Waals surface area contributed by atoms with Gasteiger partial charge in [-0.2, -0.15) is 0 Å². The van der Waals surface area contributed by atoms with Crippen LogP contribution in [0.5, 0.6) is 0 Å². The van der Waals surface area contributed by atoms with Gasteiger partial charge in [-0.05, 0) is 39.2 Å². The van der Waals surface area contributed by atoms with Gasteiger partial charge in [0.05, 0.1) is 6.04 Å². The second-order valence-electron chi connectivity index (χ2n) is 3.92. The van der Waals surface area contributed by atoms with Crippen LogP contribution < -0.4 is 10.6 Å². The molecule has 2 atom stereocenters. The minimum absolute atomic E-state index is 0.00609. The fourth-order valence-corrected chi connectivity index (χ4v) is 1.72. The fourth-order valence-electron chi connectivity index (χ4n) is 1.72. The van der Waals surface area contributed by atoms with E-state index in [4.69, 9.17) is 5.11 Å². The summed E-state index contributed by atoms with van der Waals surface area (Å²) >= 11 is 0. The van der Waals surface area contributed by atoms with Gasteiger partial charge in [0.15, 0.2) is 0 Å². The summed E-state index contributed by atoms with van der Waals surface area (Å²) in [5, 5.41) is 14.7. The van der Waals surface area contributed by atoms with Crippen LogP contribution in [0.25, 0.3) is 0 Å². The number of hydrogen-bond acceptors (Lipinski definition) is 3. The van der Waals surface area contributed by atoms with Crippen molar-refractivity contribution in [1.29, 1.82) is 0 Å². The molecule has 1 unspecified atom stereocenters. The second kappa shape index (κ2) is 5.98. The van der Waals surface area contributed by atoms with Crippen molar-refractivity contribution in [2.45, 2.75) is 44.7 Å². The molecular formula is C10H20N2O2. The molecule has 0 aromatic rings. The van der Waals surface area contributed by atoms with E-state index in [-0.39, 0.29) is 24.6 Å². The largest absolute Gasteiger partial charge is 0.396 e. The Morgan fingerprint density at radius 2 is 2.50 bits per heavy atom. The van der Waals surface area contributed by atoms with Gasteiger partial charge >= 0.3 is 0 Å². The quantitative estimate of drug-likeness (QED) is 0.586. The van der Waals surface area contributed by atoms with Crippen LogP contribution in [0.15, 0.2) is 0 Å². The third-order valence-corrected chi connectivity index (χ3v) is 2.56. The van der Waals surface area contributed by atoms with Crippen LogP contribution in [-0.2, 0) is 4.79 Å². The van der Waals surface area contributed by atoms with Gasteiger partial charge in [0.25, 0.3) is 0 Å². The summed E-state index contributed by atoms with van der Waals surface area (Å²) in [4.78, 5) is 11.6. The van der Waals surface area contributed by atoms with E-state index in [0.29, 0.717) is 0 Å². The van der Waals surface area contributed by atoms with Crippen molar-refractivity contribution in [2.75, 3.05) is 13.2 Å². The second-order valence-corrected chi connectivity index (χ2v) is 3.92. The van der Waals surface area contributed by atoms with Crippen molar-refractivity contribution in [3.05, 3.63) is 0 Å². The van der Waals surface area contributed by atoms with Gasteiger partial charge in [-0.25, -0.2) is 0 Å². The van der Waals surface area contributed by atoms with Crippen LogP contribution in [0, 0.1) is 0 Å². The van der Waals surface area contributed by atoms with Crippen molar-refractivity contribution in [1.82, 2.24) is 10.6 Å². The molecule has 0 aromatic heterocycles.